The molecule has 1 aromatic carbocycles. The highest BCUT2D eigenvalue weighted by molar-refractivity contribution is 9.10. The molecule has 0 fully saturated rings. The molecule has 1 atom stereocenters. The number of carbonyl (C=O) groups excluding carboxylic acids is 1. The zero-order chi connectivity index (χ0) is 15.4. The molecule has 5 heteroatoms. The van der Waals surface area contributed by atoms with Gasteiger partial charge in [0.1, 0.15) is 0 Å². The fourth-order valence-electron chi connectivity index (χ4n) is 2.01. The summed E-state index contributed by atoms with van der Waals surface area (Å²) in [4.78, 5) is 16.1. The number of aliphatic hydroxyl groups is 1. The van der Waals surface area contributed by atoms with Gasteiger partial charge < -0.3 is 10.4 Å². The van der Waals surface area contributed by atoms with Gasteiger partial charge in [-0.25, -0.2) is 0 Å². The molecular weight excluding hydrogens is 332 g/mol. The molecule has 0 aliphatic rings. The van der Waals surface area contributed by atoms with Gasteiger partial charge in [0.05, 0.1) is 6.10 Å². The lowest BCUT2D eigenvalue weighted by Gasteiger charge is -2.13. The molecule has 0 bridgehead atoms. The fourth-order valence-corrected chi connectivity index (χ4v) is 2.47. The van der Waals surface area contributed by atoms with E-state index < -0.39 is 6.10 Å². The molecule has 110 valence electrons. The number of rotatable bonds is 4. The summed E-state index contributed by atoms with van der Waals surface area (Å²) in [5.41, 5.74) is 3.25. The van der Waals surface area contributed by atoms with Crippen LogP contribution in [-0.2, 0) is 0 Å². The quantitative estimate of drug-likeness (QED) is 0.892. The molecule has 2 aromatic rings. The van der Waals surface area contributed by atoms with E-state index in [-0.39, 0.29) is 12.5 Å². The van der Waals surface area contributed by atoms with Crippen LogP contribution >= 0.6 is 15.9 Å². The Morgan fingerprint density at radius 3 is 2.62 bits per heavy atom. The van der Waals surface area contributed by atoms with Gasteiger partial charge in [0.2, 0.25) is 0 Å². The standard InChI is InChI=1S/C16H17BrN2O2/c1-10-8-14(17)11(2)7-13(10)16(21)19-9-15(20)12-3-5-18-6-4-12/h3-8,15,20H,9H2,1-2H3,(H,19,21). The Morgan fingerprint density at radius 2 is 1.95 bits per heavy atom. The summed E-state index contributed by atoms with van der Waals surface area (Å²) in [6.45, 7) is 3.99. The largest absolute Gasteiger partial charge is 0.387 e. The first-order valence-corrected chi connectivity index (χ1v) is 7.41. The Balaban J connectivity index is 2.04. The van der Waals surface area contributed by atoms with Crippen LogP contribution < -0.4 is 5.32 Å². The smallest absolute Gasteiger partial charge is 0.251 e. The number of hydrogen-bond acceptors (Lipinski definition) is 3. The maximum Gasteiger partial charge on any atom is 0.251 e. The SMILES string of the molecule is Cc1cc(C(=O)NCC(O)c2ccncc2)c(C)cc1Br. The Labute approximate surface area is 132 Å². The molecule has 0 aliphatic carbocycles. The summed E-state index contributed by atoms with van der Waals surface area (Å²) in [5.74, 6) is -0.184. The minimum atomic E-state index is -0.742. The summed E-state index contributed by atoms with van der Waals surface area (Å²) in [6.07, 6.45) is 2.49. The molecule has 0 aliphatic heterocycles. The molecule has 4 nitrogen and oxygen atoms in total. The molecule has 21 heavy (non-hydrogen) atoms. The Morgan fingerprint density at radius 1 is 1.29 bits per heavy atom. The lowest BCUT2D eigenvalue weighted by molar-refractivity contribution is 0.0915. The van der Waals surface area contributed by atoms with E-state index in [1.165, 1.54) is 0 Å². The van der Waals surface area contributed by atoms with Crippen molar-refractivity contribution < 1.29 is 9.90 Å². The molecule has 0 saturated heterocycles. The van der Waals surface area contributed by atoms with Gasteiger partial charge in [-0.2, -0.15) is 0 Å². The van der Waals surface area contributed by atoms with Crippen molar-refractivity contribution in [3.05, 3.63) is 63.4 Å². The number of nitrogens with zero attached hydrogens (tertiary/aromatic N) is 1. The number of aromatic nitrogens is 1. The van der Waals surface area contributed by atoms with Gasteiger partial charge in [0, 0.05) is 29.0 Å². The molecule has 2 N–H and O–H groups in total. The first-order chi connectivity index (χ1) is 9.99. The number of pyridine rings is 1. The summed E-state index contributed by atoms with van der Waals surface area (Å²) in [7, 11) is 0. The number of aryl methyl sites for hydroxylation is 2. The fraction of sp³-hybridized carbons (Fsp3) is 0.250. The normalized spacial score (nSPS) is 12.0. The average Bonchev–Trinajstić information content (AvgIpc) is 2.49. The Hall–Kier alpha value is -1.72. The van der Waals surface area contributed by atoms with Crippen LogP contribution in [0.2, 0.25) is 0 Å². The lowest BCUT2D eigenvalue weighted by atomic mass is 10.0. The van der Waals surface area contributed by atoms with Crippen molar-refractivity contribution >= 4 is 21.8 Å². The molecule has 2 rings (SSSR count). The zero-order valence-corrected chi connectivity index (χ0v) is 13.5. The third kappa shape index (κ3) is 3.89. The number of hydrogen-bond donors (Lipinski definition) is 2. The molecular formula is C16H17BrN2O2. The third-order valence-electron chi connectivity index (χ3n) is 3.30. The molecule has 1 heterocycles. The van der Waals surface area contributed by atoms with Crippen LogP contribution in [0.3, 0.4) is 0 Å². The maximum absolute atomic E-state index is 12.2. The summed E-state index contributed by atoms with van der Waals surface area (Å²) in [5, 5.41) is 12.8. The van der Waals surface area contributed by atoms with Crippen molar-refractivity contribution in [3.63, 3.8) is 0 Å². The summed E-state index contributed by atoms with van der Waals surface area (Å²) >= 11 is 3.44. The van der Waals surface area contributed by atoms with Gasteiger partial charge in [-0.3, -0.25) is 9.78 Å². The highest BCUT2D eigenvalue weighted by atomic mass is 79.9. The number of nitrogens with one attached hydrogen (secondary N) is 1. The van der Waals surface area contributed by atoms with E-state index >= 15 is 0 Å². The number of aliphatic hydroxyl groups excluding tert-OH is 1. The van der Waals surface area contributed by atoms with Crippen LogP contribution in [0, 0.1) is 13.8 Å². The Bertz CT molecular complexity index is 644. The van der Waals surface area contributed by atoms with Crippen molar-refractivity contribution in [1.29, 1.82) is 0 Å². The van der Waals surface area contributed by atoms with Crippen molar-refractivity contribution in [3.8, 4) is 0 Å². The van der Waals surface area contributed by atoms with E-state index in [4.69, 9.17) is 0 Å². The van der Waals surface area contributed by atoms with Gasteiger partial charge in [-0.05, 0) is 54.8 Å². The molecule has 1 unspecified atom stereocenters. The van der Waals surface area contributed by atoms with Crippen LogP contribution in [0.4, 0.5) is 0 Å². The van der Waals surface area contributed by atoms with Crippen molar-refractivity contribution in [1.82, 2.24) is 10.3 Å². The number of benzene rings is 1. The van der Waals surface area contributed by atoms with Crippen molar-refractivity contribution in [2.45, 2.75) is 20.0 Å². The number of amides is 1. The maximum atomic E-state index is 12.2. The van der Waals surface area contributed by atoms with Crippen LogP contribution in [0.5, 0.6) is 0 Å². The van der Waals surface area contributed by atoms with Gasteiger partial charge in [0.25, 0.3) is 5.91 Å². The van der Waals surface area contributed by atoms with E-state index in [9.17, 15) is 9.90 Å². The summed E-state index contributed by atoms with van der Waals surface area (Å²) < 4.78 is 0.980. The van der Waals surface area contributed by atoms with Gasteiger partial charge in [-0.1, -0.05) is 15.9 Å². The first kappa shape index (κ1) is 15.7. The molecule has 1 aromatic heterocycles. The predicted octanol–water partition coefficient (Wildman–Crippen LogP) is 2.92. The molecule has 1 amide bonds. The lowest BCUT2D eigenvalue weighted by Crippen LogP contribution is -2.29. The monoisotopic (exact) mass is 348 g/mol. The van der Waals surface area contributed by atoms with Crippen molar-refractivity contribution in [2.24, 2.45) is 0 Å². The topological polar surface area (TPSA) is 62.2 Å². The third-order valence-corrected chi connectivity index (χ3v) is 4.15. The highest BCUT2D eigenvalue weighted by Crippen LogP contribution is 2.21. The van der Waals surface area contributed by atoms with Crippen molar-refractivity contribution in [2.75, 3.05) is 6.54 Å². The minimum absolute atomic E-state index is 0.164. The molecule has 0 saturated carbocycles. The van der Waals surface area contributed by atoms with Gasteiger partial charge in [0.15, 0.2) is 0 Å². The molecule has 0 spiro atoms. The van der Waals surface area contributed by atoms with Gasteiger partial charge in [-0.15, -0.1) is 0 Å². The minimum Gasteiger partial charge on any atom is -0.387 e. The number of carbonyl (C=O) groups is 1. The second kappa shape index (κ2) is 6.83. The highest BCUT2D eigenvalue weighted by Gasteiger charge is 2.13. The van der Waals surface area contributed by atoms with E-state index in [1.54, 1.807) is 24.5 Å². The van der Waals surface area contributed by atoms with Crippen LogP contribution in [0.25, 0.3) is 0 Å². The van der Waals surface area contributed by atoms with E-state index in [0.29, 0.717) is 5.56 Å². The van der Waals surface area contributed by atoms with E-state index in [1.807, 2.05) is 26.0 Å². The number of halogens is 1. The van der Waals surface area contributed by atoms with E-state index in [2.05, 4.69) is 26.2 Å². The zero-order valence-electron chi connectivity index (χ0n) is 11.9. The van der Waals surface area contributed by atoms with Crippen LogP contribution in [-0.4, -0.2) is 22.5 Å². The Kier molecular flexibility index (Phi) is 5.09. The average molecular weight is 349 g/mol. The second-order valence-electron chi connectivity index (χ2n) is 4.92. The predicted molar refractivity (Wildman–Crippen MR) is 85.1 cm³/mol. The van der Waals surface area contributed by atoms with Crippen LogP contribution in [0.15, 0.2) is 41.1 Å². The first-order valence-electron chi connectivity index (χ1n) is 6.62. The second-order valence-corrected chi connectivity index (χ2v) is 5.78. The molecule has 0 radical (unpaired) electrons. The summed E-state index contributed by atoms with van der Waals surface area (Å²) in [6, 6.07) is 7.22. The van der Waals surface area contributed by atoms with Crippen LogP contribution in [0.1, 0.15) is 33.2 Å². The van der Waals surface area contributed by atoms with Gasteiger partial charge >= 0.3 is 0 Å². The van der Waals surface area contributed by atoms with E-state index in [0.717, 1.165) is 21.2 Å².